The molecule has 0 radical (unpaired) electrons. The van der Waals surface area contributed by atoms with Gasteiger partial charge in [-0.05, 0) is 52.4 Å². The second kappa shape index (κ2) is 9.52. The van der Waals surface area contributed by atoms with Crippen molar-refractivity contribution in [3.8, 4) is 0 Å². The van der Waals surface area contributed by atoms with Crippen molar-refractivity contribution in [2.45, 2.75) is 45.2 Å². The van der Waals surface area contributed by atoms with Crippen LogP contribution in [0.15, 0.2) is 48.5 Å². The molecule has 0 atom stereocenters. The Morgan fingerprint density at radius 3 is 1.67 bits per heavy atom. The van der Waals surface area contributed by atoms with Crippen LogP contribution < -0.4 is 5.32 Å². The predicted molar refractivity (Wildman–Crippen MR) is 117 cm³/mol. The van der Waals surface area contributed by atoms with E-state index >= 15 is 0 Å². The van der Waals surface area contributed by atoms with E-state index in [2.05, 4.69) is 60.8 Å². The Morgan fingerprint density at radius 2 is 1.26 bits per heavy atom. The minimum absolute atomic E-state index is 0. The van der Waals surface area contributed by atoms with Crippen LogP contribution in [0.4, 0.5) is 0 Å². The number of benzene rings is 3. The molecule has 0 fully saturated rings. The molecule has 0 aliphatic carbocycles. The first-order valence-electron chi connectivity index (χ1n) is 9.51. The number of rotatable bonds is 8. The number of aliphatic hydroxyl groups is 2. The zero-order valence-corrected chi connectivity index (χ0v) is 17.0. The van der Waals surface area contributed by atoms with Gasteiger partial charge in [0.05, 0.1) is 18.8 Å². The lowest BCUT2D eigenvalue weighted by Crippen LogP contribution is -2.48. The molecule has 3 N–H and O–H groups in total. The average Bonchev–Trinajstić information content (AvgIpc) is 2.70. The predicted octanol–water partition coefficient (Wildman–Crippen LogP) is 4.59. The largest absolute Gasteiger partial charge is 0.394 e. The zero-order chi connectivity index (χ0) is 18.6. The molecule has 0 unspecified atom stereocenters. The van der Waals surface area contributed by atoms with Crippen molar-refractivity contribution in [1.29, 1.82) is 0 Å². The summed E-state index contributed by atoms with van der Waals surface area (Å²) < 4.78 is 0. The molecule has 0 aromatic heterocycles. The Morgan fingerprint density at radius 1 is 0.815 bits per heavy atom. The van der Waals surface area contributed by atoms with Crippen LogP contribution in [0, 0.1) is 0 Å². The number of halogens is 1. The maximum absolute atomic E-state index is 9.61. The Kier molecular flexibility index (Phi) is 7.63. The molecule has 3 aromatic carbocycles. The zero-order valence-electron chi connectivity index (χ0n) is 16.2. The fourth-order valence-electron chi connectivity index (χ4n) is 3.59. The summed E-state index contributed by atoms with van der Waals surface area (Å²) in [5.41, 5.74) is 1.96. The number of aryl methyl sites for hydroxylation is 1. The van der Waals surface area contributed by atoms with Gasteiger partial charge in [-0.3, -0.25) is 0 Å². The summed E-state index contributed by atoms with van der Waals surface area (Å²) >= 11 is 0. The third-order valence-corrected chi connectivity index (χ3v) is 5.32. The van der Waals surface area contributed by atoms with Gasteiger partial charge in [-0.15, -0.1) is 12.4 Å². The highest BCUT2D eigenvalue weighted by Gasteiger charge is 2.22. The molecule has 0 heterocycles. The molecular formula is C23H30ClNO2. The fraction of sp³-hybridized carbons (Fsp3) is 0.391. The Bertz CT molecular complexity index is 833. The van der Waals surface area contributed by atoms with Crippen molar-refractivity contribution in [2.75, 3.05) is 13.2 Å². The number of aliphatic hydroxyl groups excluding tert-OH is 2. The number of hydrogen-bond donors (Lipinski definition) is 3. The van der Waals surface area contributed by atoms with Gasteiger partial charge in [0.2, 0.25) is 0 Å². The van der Waals surface area contributed by atoms with Gasteiger partial charge in [0.1, 0.15) is 0 Å². The molecule has 0 bridgehead atoms. The van der Waals surface area contributed by atoms with E-state index in [1.807, 2.05) is 6.92 Å². The monoisotopic (exact) mass is 387 g/mol. The van der Waals surface area contributed by atoms with E-state index in [1.165, 1.54) is 45.5 Å². The SMILES string of the molecule is CCCCc1c2ccccc2c(CNC(C)(CO)CO)c2ccccc12.Cl. The maximum Gasteiger partial charge on any atom is 0.0633 e. The standard InChI is InChI=1S/C23H29NO2.ClH/c1-3-4-9-17-18-10-5-7-12-20(18)22(14-24-23(2,15-25)16-26)21-13-8-6-11-19(17)21;/h5-8,10-13,24-26H,3-4,9,14-16H2,1-2H3;1H. The van der Waals surface area contributed by atoms with Gasteiger partial charge in [0, 0.05) is 6.54 Å². The lowest BCUT2D eigenvalue weighted by molar-refractivity contribution is 0.103. The Balaban J connectivity index is 0.00000261. The summed E-state index contributed by atoms with van der Waals surface area (Å²) in [5, 5.41) is 27.7. The van der Waals surface area contributed by atoms with E-state index in [0.717, 1.165) is 6.42 Å². The summed E-state index contributed by atoms with van der Waals surface area (Å²) in [4.78, 5) is 0. The molecule has 4 heteroatoms. The molecule has 0 aliphatic heterocycles. The van der Waals surface area contributed by atoms with Crippen molar-refractivity contribution in [1.82, 2.24) is 5.32 Å². The van der Waals surface area contributed by atoms with Crippen LogP contribution in [0.2, 0.25) is 0 Å². The molecule has 0 saturated heterocycles. The highest BCUT2D eigenvalue weighted by atomic mass is 35.5. The molecule has 3 nitrogen and oxygen atoms in total. The lowest BCUT2D eigenvalue weighted by atomic mass is 9.89. The van der Waals surface area contributed by atoms with Gasteiger partial charge >= 0.3 is 0 Å². The molecule has 0 saturated carbocycles. The van der Waals surface area contributed by atoms with Crippen LogP contribution in [0.1, 0.15) is 37.8 Å². The van der Waals surface area contributed by atoms with E-state index in [-0.39, 0.29) is 25.6 Å². The molecule has 146 valence electrons. The van der Waals surface area contributed by atoms with Gasteiger partial charge in [0.15, 0.2) is 0 Å². The van der Waals surface area contributed by atoms with Crippen molar-refractivity contribution < 1.29 is 10.2 Å². The number of unbranched alkanes of at least 4 members (excludes halogenated alkanes) is 1. The molecule has 3 rings (SSSR count). The van der Waals surface area contributed by atoms with Crippen LogP contribution in [0.25, 0.3) is 21.5 Å². The van der Waals surface area contributed by atoms with Gasteiger partial charge in [-0.1, -0.05) is 61.9 Å². The first-order valence-corrected chi connectivity index (χ1v) is 9.51. The van der Waals surface area contributed by atoms with Crippen LogP contribution in [0.5, 0.6) is 0 Å². The summed E-state index contributed by atoms with van der Waals surface area (Å²) in [6, 6.07) is 17.2. The van der Waals surface area contributed by atoms with E-state index < -0.39 is 5.54 Å². The molecule has 0 amide bonds. The molecule has 0 spiro atoms. The van der Waals surface area contributed by atoms with Gasteiger partial charge in [0.25, 0.3) is 0 Å². The smallest absolute Gasteiger partial charge is 0.0633 e. The first kappa shape index (κ1) is 21.6. The van der Waals surface area contributed by atoms with E-state index in [4.69, 9.17) is 0 Å². The molecular weight excluding hydrogens is 358 g/mol. The van der Waals surface area contributed by atoms with Crippen LogP contribution in [0.3, 0.4) is 0 Å². The molecule has 0 aliphatic rings. The van der Waals surface area contributed by atoms with Crippen molar-refractivity contribution in [3.63, 3.8) is 0 Å². The third-order valence-electron chi connectivity index (χ3n) is 5.32. The number of fused-ring (bicyclic) bond motifs is 2. The second-order valence-electron chi connectivity index (χ2n) is 7.38. The minimum Gasteiger partial charge on any atom is -0.394 e. The topological polar surface area (TPSA) is 52.5 Å². The summed E-state index contributed by atoms with van der Waals surface area (Å²) in [7, 11) is 0. The van der Waals surface area contributed by atoms with Crippen molar-refractivity contribution >= 4 is 34.0 Å². The number of nitrogens with one attached hydrogen (secondary N) is 1. The number of hydrogen-bond acceptors (Lipinski definition) is 3. The molecule has 3 aromatic rings. The second-order valence-corrected chi connectivity index (χ2v) is 7.38. The lowest BCUT2D eigenvalue weighted by Gasteiger charge is -2.27. The third kappa shape index (κ3) is 4.44. The van der Waals surface area contributed by atoms with E-state index in [9.17, 15) is 10.2 Å². The minimum atomic E-state index is -0.691. The molecule has 27 heavy (non-hydrogen) atoms. The van der Waals surface area contributed by atoms with Crippen LogP contribution >= 0.6 is 12.4 Å². The summed E-state index contributed by atoms with van der Waals surface area (Å²) in [5.74, 6) is 0. The average molecular weight is 388 g/mol. The summed E-state index contributed by atoms with van der Waals surface area (Å²) in [6.45, 7) is 4.47. The van der Waals surface area contributed by atoms with Crippen LogP contribution in [-0.2, 0) is 13.0 Å². The van der Waals surface area contributed by atoms with Gasteiger partial charge in [-0.2, -0.15) is 0 Å². The maximum atomic E-state index is 9.61. The Labute approximate surface area is 167 Å². The summed E-state index contributed by atoms with van der Waals surface area (Å²) in [6.07, 6.45) is 3.44. The quantitative estimate of drug-likeness (QED) is 0.495. The highest BCUT2D eigenvalue weighted by molar-refractivity contribution is 6.05. The van der Waals surface area contributed by atoms with E-state index in [0.29, 0.717) is 6.54 Å². The van der Waals surface area contributed by atoms with Crippen molar-refractivity contribution in [3.05, 3.63) is 59.7 Å². The normalized spacial score (nSPS) is 11.7. The fourth-order valence-corrected chi connectivity index (χ4v) is 3.59. The first-order chi connectivity index (χ1) is 12.6. The Hall–Kier alpha value is -1.65. The van der Waals surface area contributed by atoms with Crippen molar-refractivity contribution in [2.24, 2.45) is 0 Å². The van der Waals surface area contributed by atoms with Gasteiger partial charge < -0.3 is 15.5 Å². The highest BCUT2D eigenvalue weighted by Crippen LogP contribution is 2.34. The van der Waals surface area contributed by atoms with E-state index in [1.54, 1.807) is 0 Å². The van der Waals surface area contributed by atoms with Gasteiger partial charge in [-0.25, -0.2) is 0 Å². The van der Waals surface area contributed by atoms with Crippen LogP contribution in [-0.4, -0.2) is 29.0 Å².